The number of rotatable bonds is 2. The van der Waals surface area contributed by atoms with Crippen molar-refractivity contribution in [2.75, 3.05) is 0 Å². The molecule has 2 aliphatic rings. The van der Waals surface area contributed by atoms with Crippen molar-refractivity contribution in [3.63, 3.8) is 0 Å². The lowest BCUT2D eigenvalue weighted by molar-refractivity contribution is 0.574. The second-order valence-electron chi connectivity index (χ2n) is 3.33. The highest BCUT2D eigenvalue weighted by Gasteiger charge is 2.35. The van der Waals surface area contributed by atoms with Crippen LogP contribution in [0.1, 0.15) is 19.3 Å². The summed E-state index contributed by atoms with van der Waals surface area (Å²) >= 11 is 0. The van der Waals surface area contributed by atoms with E-state index in [-0.39, 0.29) is 0 Å². The molecule has 2 rings (SSSR count). The van der Waals surface area contributed by atoms with Crippen molar-refractivity contribution in [1.82, 2.24) is 5.09 Å². The van der Waals surface area contributed by atoms with Gasteiger partial charge in [0.25, 0.3) is 0 Å². The van der Waals surface area contributed by atoms with Gasteiger partial charge in [-0.2, -0.15) is 5.09 Å². The Morgan fingerprint density at radius 3 is 2.91 bits per heavy atom. The van der Waals surface area contributed by atoms with Gasteiger partial charge in [0.1, 0.15) is 0 Å². The molecule has 0 radical (unpaired) electrons. The maximum absolute atomic E-state index is 10.7. The molecule has 0 saturated heterocycles. The average molecular weight is 171 g/mol. The number of hydrogen-bond donors (Lipinski definition) is 2. The zero-order valence-electron chi connectivity index (χ0n) is 6.29. The van der Waals surface area contributed by atoms with Gasteiger partial charge in [0.05, 0.1) is 5.70 Å². The normalized spacial score (nSPS) is 35.4. The molecule has 2 bridgehead atoms. The summed E-state index contributed by atoms with van der Waals surface area (Å²) in [4.78, 5) is 0. The highest BCUT2D eigenvalue weighted by Crippen LogP contribution is 2.43. The van der Waals surface area contributed by atoms with Gasteiger partial charge in [-0.25, -0.2) is 0 Å². The summed E-state index contributed by atoms with van der Waals surface area (Å²) in [7, 11) is -1.69. The molecule has 0 spiro atoms. The summed E-state index contributed by atoms with van der Waals surface area (Å²) in [6, 6.07) is 0. The minimum Gasteiger partial charge on any atom is -0.166 e. The molecule has 1 saturated carbocycles. The first kappa shape index (κ1) is 7.26. The zero-order chi connectivity index (χ0) is 7.84. The van der Waals surface area contributed by atoms with E-state index in [9.17, 15) is 4.57 Å². The van der Waals surface area contributed by atoms with E-state index >= 15 is 0 Å². The minimum atomic E-state index is -1.69. The molecular formula is C7H12N2OP+. The van der Waals surface area contributed by atoms with Crippen LogP contribution < -0.4 is 10.6 Å². The Bertz CT molecular complexity index is 226. The Balaban J connectivity index is 2.05. The molecule has 0 aromatic carbocycles. The molecule has 0 aliphatic heterocycles. The van der Waals surface area contributed by atoms with Crippen molar-refractivity contribution in [2.24, 2.45) is 17.3 Å². The fourth-order valence-electron chi connectivity index (χ4n) is 2.10. The number of allylic oxidation sites excluding steroid dienone is 2. The first-order valence-corrected chi connectivity index (χ1v) is 5.29. The van der Waals surface area contributed by atoms with Crippen LogP contribution in [0.25, 0.3) is 0 Å². The standard InChI is InChI=1S/C7H12N2OP/c8-11(10)9-7-4-5-1-2-6(7)3-5/h4-6H,1-3H2,(H3,8,9,10)/q+1. The van der Waals surface area contributed by atoms with E-state index in [2.05, 4.69) is 11.2 Å². The summed E-state index contributed by atoms with van der Waals surface area (Å²) < 4.78 is 10.7. The van der Waals surface area contributed by atoms with Crippen LogP contribution in [-0.4, -0.2) is 0 Å². The van der Waals surface area contributed by atoms with Crippen LogP contribution in [0.2, 0.25) is 0 Å². The molecule has 0 aromatic heterocycles. The smallest absolute Gasteiger partial charge is 0.166 e. The molecule has 3 atom stereocenters. The quantitative estimate of drug-likeness (QED) is 0.619. The van der Waals surface area contributed by atoms with Crippen LogP contribution in [0.15, 0.2) is 11.8 Å². The molecule has 2 aliphatic carbocycles. The Hall–Kier alpha value is -0.400. The van der Waals surface area contributed by atoms with Gasteiger partial charge in [-0.05, 0) is 29.7 Å². The lowest BCUT2D eigenvalue weighted by Gasteiger charge is -2.07. The average Bonchev–Trinajstić information content (AvgIpc) is 2.45. The third-order valence-electron chi connectivity index (χ3n) is 2.57. The van der Waals surface area contributed by atoms with Gasteiger partial charge < -0.3 is 0 Å². The molecular weight excluding hydrogens is 159 g/mol. The van der Waals surface area contributed by atoms with Crippen LogP contribution in [0, 0.1) is 11.8 Å². The van der Waals surface area contributed by atoms with Crippen LogP contribution in [0.4, 0.5) is 0 Å². The fraction of sp³-hybridized carbons (Fsp3) is 0.714. The molecule has 0 amide bonds. The maximum atomic E-state index is 10.7. The van der Waals surface area contributed by atoms with Crippen LogP contribution >= 0.6 is 8.10 Å². The lowest BCUT2D eigenvalue weighted by Crippen LogP contribution is -2.12. The van der Waals surface area contributed by atoms with E-state index in [0.717, 1.165) is 11.6 Å². The largest absolute Gasteiger partial charge is 0.558 e. The SMILES string of the molecule is N[P+](=O)NC1=CC2CCC1C2. The molecule has 60 valence electrons. The second-order valence-corrected chi connectivity index (χ2v) is 4.20. The Morgan fingerprint density at radius 2 is 2.45 bits per heavy atom. The van der Waals surface area contributed by atoms with Gasteiger partial charge >= 0.3 is 8.10 Å². The van der Waals surface area contributed by atoms with Gasteiger partial charge in [0, 0.05) is 5.92 Å². The van der Waals surface area contributed by atoms with E-state index in [4.69, 9.17) is 5.50 Å². The molecule has 3 nitrogen and oxygen atoms in total. The molecule has 3 N–H and O–H groups in total. The van der Waals surface area contributed by atoms with E-state index in [1.165, 1.54) is 19.3 Å². The number of hydrogen-bond acceptors (Lipinski definition) is 1. The van der Waals surface area contributed by atoms with Crippen molar-refractivity contribution in [2.45, 2.75) is 19.3 Å². The van der Waals surface area contributed by atoms with Gasteiger partial charge in [-0.1, -0.05) is 11.6 Å². The summed E-state index contributed by atoms with van der Waals surface area (Å²) in [5.41, 5.74) is 6.29. The lowest BCUT2D eigenvalue weighted by atomic mass is 10.1. The summed E-state index contributed by atoms with van der Waals surface area (Å²) in [6.07, 6.45) is 5.98. The van der Waals surface area contributed by atoms with Crippen LogP contribution in [-0.2, 0) is 4.57 Å². The van der Waals surface area contributed by atoms with E-state index in [0.29, 0.717) is 5.92 Å². The Labute approximate surface area is 66.9 Å². The van der Waals surface area contributed by atoms with Crippen LogP contribution in [0.3, 0.4) is 0 Å². The number of fused-ring (bicyclic) bond motifs is 2. The van der Waals surface area contributed by atoms with E-state index < -0.39 is 8.10 Å². The predicted octanol–water partition coefficient (Wildman–Crippen LogP) is 1.51. The van der Waals surface area contributed by atoms with E-state index in [1.807, 2.05) is 0 Å². The maximum Gasteiger partial charge on any atom is 0.558 e. The molecule has 4 heteroatoms. The topological polar surface area (TPSA) is 55.1 Å². The monoisotopic (exact) mass is 171 g/mol. The van der Waals surface area contributed by atoms with Crippen LogP contribution in [0.5, 0.6) is 0 Å². The Morgan fingerprint density at radius 1 is 1.64 bits per heavy atom. The van der Waals surface area contributed by atoms with Gasteiger partial charge in [-0.3, -0.25) is 0 Å². The van der Waals surface area contributed by atoms with Crippen molar-refractivity contribution in [3.8, 4) is 0 Å². The van der Waals surface area contributed by atoms with E-state index in [1.54, 1.807) is 0 Å². The van der Waals surface area contributed by atoms with Crippen molar-refractivity contribution in [3.05, 3.63) is 11.8 Å². The van der Waals surface area contributed by atoms with Crippen molar-refractivity contribution >= 4 is 8.10 Å². The Kier molecular flexibility index (Phi) is 1.70. The third-order valence-corrected chi connectivity index (χ3v) is 3.05. The second kappa shape index (κ2) is 2.58. The van der Waals surface area contributed by atoms with Gasteiger partial charge in [0.15, 0.2) is 0 Å². The highest BCUT2D eigenvalue weighted by atomic mass is 31.1. The molecule has 0 aromatic rings. The first-order valence-electron chi connectivity index (χ1n) is 3.96. The number of nitrogens with two attached hydrogens (primary N) is 1. The highest BCUT2D eigenvalue weighted by molar-refractivity contribution is 7.39. The van der Waals surface area contributed by atoms with Crippen molar-refractivity contribution < 1.29 is 4.57 Å². The predicted molar refractivity (Wildman–Crippen MR) is 43.8 cm³/mol. The molecule has 3 unspecified atom stereocenters. The first-order chi connectivity index (χ1) is 5.25. The molecule has 11 heavy (non-hydrogen) atoms. The molecule has 1 fully saturated rings. The summed E-state index contributed by atoms with van der Waals surface area (Å²) in [6.45, 7) is 0. The summed E-state index contributed by atoms with van der Waals surface area (Å²) in [5, 5.41) is 2.82. The zero-order valence-corrected chi connectivity index (χ0v) is 7.18. The molecule has 0 heterocycles. The van der Waals surface area contributed by atoms with Gasteiger partial charge in [-0.15, -0.1) is 0 Å². The minimum absolute atomic E-state index is 0.627. The summed E-state index contributed by atoms with van der Waals surface area (Å²) in [5.74, 6) is 1.36. The number of nitrogens with one attached hydrogen (secondary N) is 1. The van der Waals surface area contributed by atoms with Gasteiger partial charge in [0.2, 0.25) is 0 Å². The van der Waals surface area contributed by atoms with Crippen molar-refractivity contribution in [1.29, 1.82) is 0 Å². The third kappa shape index (κ3) is 1.31. The fourth-order valence-corrected chi connectivity index (χ4v) is 2.61.